The van der Waals surface area contributed by atoms with E-state index in [1.54, 1.807) is 6.07 Å². The van der Waals surface area contributed by atoms with Crippen molar-refractivity contribution in [2.45, 2.75) is 32.7 Å². The highest BCUT2D eigenvalue weighted by Gasteiger charge is 2.23. The summed E-state index contributed by atoms with van der Waals surface area (Å²) < 4.78 is 26.3. The maximum absolute atomic E-state index is 13.3. The van der Waals surface area contributed by atoms with Crippen molar-refractivity contribution < 1.29 is 13.6 Å². The van der Waals surface area contributed by atoms with Crippen LogP contribution in [0.4, 0.5) is 8.78 Å². The van der Waals surface area contributed by atoms with Crippen LogP contribution in [0.5, 0.6) is 0 Å². The topological polar surface area (TPSA) is 23.6 Å². The van der Waals surface area contributed by atoms with Gasteiger partial charge in [0.1, 0.15) is 0 Å². The number of nitrogens with zero attached hydrogens (tertiary/aromatic N) is 2. The van der Waals surface area contributed by atoms with Gasteiger partial charge in [0.2, 0.25) is 5.91 Å². The molecule has 0 bridgehead atoms. The average molecular weight is 310 g/mol. The zero-order valence-corrected chi connectivity index (χ0v) is 13.5. The quantitative estimate of drug-likeness (QED) is 0.852. The van der Waals surface area contributed by atoms with Gasteiger partial charge in [-0.15, -0.1) is 0 Å². The highest BCUT2D eigenvalue weighted by molar-refractivity contribution is 5.78. The molecule has 0 saturated carbocycles. The Balaban J connectivity index is 1.94. The van der Waals surface area contributed by atoms with E-state index in [9.17, 15) is 13.6 Å². The molecule has 1 unspecified atom stereocenters. The second-order valence-electron chi connectivity index (χ2n) is 6.33. The number of hydrogen-bond acceptors (Lipinski definition) is 2. The van der Waals surface area contributed by atoms with E-state index in [-0.39, 0.29) is 18.5 Å². The molecule has 0 aromatic heterocycles. The molecular formula is C17H24F2N2O. The summed E-state index contributed by atoms with van der Waals surface area (Å²) >= 11 is 0. The van der Waals surface area contributed by atoms with E-state index in [0.29, 0.717) is 11.5 Å². The minimum Gasteiger partial charge on any atom is -0.342 e. The summed E-state index contributed by atoms with van der Waals surface area (Å²) in [6.07, 6.45) is 2.10. The molecule has 0 spiro atoms. The van der Waals surface area contributed by atoms with Crippen molar-refractivity contribution in [3.8, 4) is 0 Å². The number of carbonyl (C=O) groups is 1. The second kappa shape index (κ2) is 7.18. The van der Waals surface area contributed by atoms with Gasteiger partial charge in [-0.1, -0.05) is 13.0 Å². The number of rotatable bonds is 4. The molecule has 0 aliphatic carbocycles. The fourth-order valence-electron chi connectivity index (χ4n) is 2.73. The molecule has 1 aliphatic rings. The Hall–Kier alpha value is -1.49. The zero-order chi connectivity index (χ0) is 16.3. The predicted octanol–water partition coefficient (Wildman–Crippen LogP) is 3.22. The lowest BCUT2D eigenvalue weighted by molar-refractivity contribution is -0.133. The van der Waals surface area contributed by atoms with Crippen molar-refractivity contribution in [3.63, 3.8) is 0 Å². The highest BCUT2D eigenvalue weighted by atomic mass is 19.2. The minimum absolute atomic E-state index is 0.101. The number of halogens is 2. The monoisotopic (exact) mass is 310 g/mol. The number of likely N-dealkylation sites (tertiary alicyclic amines) is 1. The average Bonchev–Trinajstić information content (AvgIpc) is 2.49. The summed E-state index contributed by atoms with van der Waals surface area (Å²) in [4.78, 5) is 16.1. The SMILES string of the molecule is CC1CCN(C(=O)CN(C)C(C)c2ccc(F)c(F)c2)CC1. The molecule has 1 heterocycles. The van der Waals surface area contributed by atoms with Crippen LogP contribution in [0.1, 0.15) is 38.3 Å². The number of carbonyl (C=O) groups excluding carboxylic acids is 1. The molecule has 1 amide bonds. The smallest absolute Gasteiger partial charge is 0.236 e. The Bertz CT molecular complexity index is 527. The van der Waals surface area contributed by atoms with E-state index in [4.69, 9.17) is 0 Å². The van der Waals surface area contributed by atoms with Crippen LogP contribution >= 0.6 is 0 Å². The summed E-state index contributed by atoms with van der Waals surface area (Å²) in [5.41, 5.74) is 0.668. The molecule has 1 aliphatic heterocycles. The molecule has 2 rings (SSSR count). The van der Waals surface area contributed by atoms with E-state index < -0.39 is 11.6 Å². The van der Waals surface area contributed by atoms with Gasteiger partial charge in [-0.05, 0) is 50.4 Å². The van der Waals surface area contributed by atoms with Crippen molar-refractivity contribution in [1.29, 1.82) is 0 Å². The number of amides is 1. The maximum Gasteiger partial charge on any atom is 0.236 e. The molecule has 5 heteroatoms. The fourth-order valence-corrected chi connectivity index (χ4v) is 2.73. The van der Waals surface area contributed by atoms with Crippen LogP contribution in [-0.2, 0) is 4.79 Å². The van der Waals surface area contributed by atoms with Gasteiger partial charge in [0.15, 0.2) is 11.6 Å². The van der Waals surface area contributed by atoms with E-state index >= 15 is 0 Å². The summed E-state index contributed by atoms with van der Waals surface area (Å²) in [6, 6.07) is 3.74. The van der Waals surface area contributed by atoms with Crippen LogP contribution < -0.4 is 0 Å². The van der Waals surface area contributed by atoms with Gasteiger partial charge >= 0.3 is 0 Å². The van der Waals surface area contributed by atoms with Crippen molar-refractivity contribution in [3.05, 3.63) is 35.4 Å². The van der Waals surface area contributed by atoms with Crippen molar-refractivity contribution in [2.24, 2.45) is 5.92 Å². The normalized spacial score (nSPS) is 17.8. The summed E-state index contributed by atoms with van der Waals surface area (Å²) in [5, 5.41) is 0. The third-order valence-electron chi connectivity index (χ3n) is 4.61. The standard InChI is InChI=1S/C17H24F2N2O/c1-12-6-8-21(9-7-12)17(22)11-20(3)13(2)14-4-5-15(18)16(19)10-14/h4-5,10,12-13H,6-9,11H2,1-3H3. The molecule has 1 aromatic carbocycles. The van der Waals surface area contributed by atoms with Gasteiger partial charge in [0, 0.05) is 19.1 Å². The summed E-state index contributed by atoms with van der Waals surface area (Å²) in [5.74, 6) is -0.919. The van der Waals surface area contributed by atoms with E-state index in [1.807, 2.05) is 23.8 Å². The first-order chi connectivity index (χ1) is 10.4. The molecule has 1 saturated heterocycles. The fraction of sp³-hybridized carbons (Fsp3) is 0.588. The van der Waals surface area contributed by atoms with Gasteiger partial charge in [0.25, 0.3) is 0 Å². The minimum atomic E-state index is -0.853. The third-order valence-corrected chi connectivity index (χ3v) is 4.61. The van der Waals surface area contributed by atoms with Crippen molar-refractivity contribution in [1.82, 2.24) is 9.80 Å². The Labute approximate surface area is 130 Å². The van der Waals surface area contributed by atoms with E-state index in [1.165, 1.54) is 6.07 Å². The second-order valence-corrected chi connectivity index (χ2v) is 6.33. The van der Waals surface area contributed by atoms with E-state index in [0.717, 1.165) is 32.0 Å². The van der Waals surface area contributed by atoms with Gasteiger partial charge in [0.05, 0.1) is 6.54 Å². The number of benzene rings is 1. The first-order valence-corrected chi connectivity index (χ1v) is 7.81. The molecule has 22 heavy (non-hydrogen) atoms. The Morgan fingerprint density at radius 2 is 1.95 bits per heavy atom. The van der Waals surface area contributed by atoms with Crippen LogP contribution in [0.25, 0.3) is 0 Å². The summed E-state index contributed by atoms with van der Waals surface area (Å²) in [6.45, 7) is 6.01. The summed E-state index contributed by atoms with van der Waals surface area (Å²) in [7, 11) is 1.83. The molecule has 1 aromatic rings. The van der Waals surface area contributed by atoms with Gasteiger partial charge < -0.3 is 4.90 Å². The molecule has 122 valence electrons. The zero-order valence-electron chi connectivity index (χ0n) is 13.5. The first kappa shape index (κ1) is 16.9. The Morgan fingerprint density at radius 3 is 2.55 bits per heavy atom. The molecule has 0 radical (unpaired) electrons. The molecule has 1 fully saturated rings. The van der Waals surface area contributed by atoms with Crippen LogP contribution in [0.15, 0.2) is 18.2 Å². The first-order valence-electron chi connectivity index (χ1n) is 7.81. The molecule has 1 atom stereocenters. The lowest BCUT2D eigenvalue weighted by Gasteiger charge is -2.33. The maximum atomic E-state index is 13.3. The third kappa shape index (κ3) is 4.03. The lowest BCUT2D eigenvalue weighted by Crippen LogP contribution is -2.43. The molecule has 3 nitrogen and oxygen atoms in total. The van der Waals surface area contributed by atoms with Gasteiger partial charge in [-0.25, -0.2) is 8.78 Å². The van der Waals surface area contributed by atoms with Crippen molar-refractivity contribution in [2.75, 3.05) is 26.7 Å². The predicted molar refractivity (Wildman–Crippen MR) is 82.4 cm³/mol. The van der Waals surface area contributed by atoms with Crippen LogP contribution in [-0.4, -0.2) is 42.4 Å². The van der Waals surface area contributed by atoms with Crippen LogP contribution in [0.2, 0.25) is 0 Å². The van der Waals surface area contributed by atoms with E-state index in [2.05, 4.69) is 6.92 Å². The van der Waals surface area contributed by atoms with Crippen molar-refractivity contribution >= 4 is 5.91 Å². The number of piperidine rings is 1. The largest absolute Gasteiger partial charge is 0.342 e. The van der Waals surface area contributed by atoms with Crippen LogP contribution in [0.3, 0.4) is 0 Å². The lowest BCUT2D eigenvalue weighted by atomic mass is 9.99. The van der Waals surface area contributed by atoms with Gasteiger partial charge in [-0.3, -0.25) is 9.69 Å². The Kier molecular flexibility index (Phi) is 5.51. The molecule has 0 N–H and O–H groups in total. The number of hydrogen-bond donors (Lipinski definition) is 0. The van der Waals surface area contributed by atoms with Crippen LogP contribution in [0, 0.1) is 17.6 Å². The Morgan fingerprint density at radius 1 is 1.32 bits per heavy atom. The highest BCUT2D eigenvalue weighted by Crippen LogP contribution is 2.21. The molecular weight excluding hydrogens is 286 g/mol. The van der Waals surface area contributed by atoms with Gasteiger partial charge in [-0.2, -0.15) is 0 Å². The number of likely N-dealkylation sites (N-methyl/N-ethyl adjacent to an activating group) is 1.